The maximum absolute atomic E-state index is 13.1. The predicted octanol–water partition coefficient (Wildman–Crippen LogP) is 3.68. The summed E-state index contributed by atoms with van der Waals surface area (Å²) in [5.74, 6) is 0.327. The van der Waals surface area contributed by atoms with Crippen LogP contribution in [0.5, 0.6) is 0 Å². The Hall–Kier alpha value is -0.410. The first kappa shape index (κ1) is 12.1. The molecule has 1 aliphatic carbocycles. The molecule has 0 bridgehead atoms. The van der Waals surface area contributed by atoms with E-state index >= 15 is 0 Å². The molecule has 0 spiro atoms. The minimum absolute atomic E-state index is 0.136. The van der Waals surface area contributed by atoms with E-state index in [9.17, 15) is 9.50 Å². The quantitative estimate of drug-likeness (QED) is 0.879. The average molecular weight is 287 g/mol. The Morgan fingerprint density at radius 2 is 2.19 bits per heavy atom. The molecule has 0 heterocycles. The van der Waals surface area contributed by atoms with Crippen LogP contribution in [0.2, 0.25) is 0 Å². The van der Waals surface area contributed by atoms with E-state index < -0.39 is 0 Å². The van der Waals surface area contributed by atoms with E-state index in [4.69, 9.17) is 0 Å². The fourth-order valence-electron chi connectivity index (χ4n) is 2.45. The Bertz CT molecular complexity index is 367. The van der Waals surface area contributed by atoms with Gasteiger partial charge in [-0.05, 0) is 65.2 Å². The highest BCUT2D eigenvalue weighted by Crippen LogP contribution is 2.28. The second-order valence-corrected chi connectivity index (χ2v) is 5.49. The summed E-state index contributed by atoms with van der Waals surface area (Å²) in [7, 11) is 0. The molecule has 2 unspecified atom stereocenters. The SMILES string of the molecule is OC1CCCC(Cc2ccc(F)c(Br)c2)C1. The molecule has 1 N–H and O–H groups in total. The lowest BCUT2D eigenvalue weighted by Crippen LogP contribution is -2.20. The van der Waals surface area contributed by atoms with Crippen LogP contribution in [-0.2, 0) is 6.42 Å². The summed E-state index contributed by atoms with van der Waals surface area (Å²) < 4.78 is 13.6. The van der Waals surface area contributed by atoms with Crippen LogP contribution in [0.25, 0.3) is 0 Å². The maximum atomic E-state index is 13.1. The molecule has 1 saturated carbocycles. The molecular weight excluding hydrogens is 271 g/mol. The van der Waals surface area contributed by atoms with E-state index in [2.05, 4.69) is 15.9 Å². The van der Waals surface area contributed by atoms with Crippen LogP contribution in [-0.4, -0.2) is 11.2 Å². The first-order valence-corrected chi connectivity index (χ1v) is 6.56. The van der Waals surface area contributed by atoms with Crippen molar-refractivity contribution in [2.75, 3.05) is 0 Å². The molecule has 16 heavy (non-hydrogen) atoms. The van der Waals surface area contributed by atoms with Gasteiger partial charge in [0.2, 0.25) is 0 Å². The van der Waals surface area contributed by atoms with Crippen LogP contribution in [0.4, 0.5) is 4.39 Å². The van der Waals surface area contributed by atoms with Gasteiger partial charge in [0.1, 0.15) is 5.82 Å². The summed E-state index contributed by atoms with van der Waals surface area (Å²) in [5.41, 5.74) is 1.15. The number of hydrogen-bond acceptors (Lipinski definition) is 1. The predicted molar refractivity (Wildman–Crippen MR) is 65.8 cm³/mol. The molecule has 0 aliphatic heterocycles. The van der Waals surface area contributed by atoms with Gasteiger partial charge < -0.3 is 5.11 Å². The van der Waals surface area contributed by atoms with Gasteiger partial charge in [0.15, 0.2) is 0 Å². The van der Waals surface area contributed by atoms with Gasteiger partial charge in [-0.25, -0.2) is 4.39 Å². The maximum Gasteiger partial charge on any atom is 0.137 e. The van der Waals surface area contributed by atoms with Gasteiger partial charge in [0, 0.05) is 0 Å². The van der Waals surface area contributed by atoms with Crippen molar-refractivity contribution >= 4 is 15.9 Å². The molecule has 0 aromatic heterocycles. The Balaban J connectivity index is 2.00. The van der Waals surface area contributed by atoms with Crippen molar-refractivity contribution in [1.29, 1.82) is 0 Å². The molecule has 0 saturated heterocycles. The highest BCUT2D eigenvalue weighted by molar-refractivity contribution is 9.10. The topological polar surface area (TPSA) is 20.2 Å². The van der Waals surface area contributed by atoms with Crippen LogP contribution in [0, 0.1) is 11.7 Å². The van der Waals surface area contributed by atoms with Gasteiger partial charge in [0.05, 0.1) is 10.6 Å². The third kappa shape index (κ3) is 3.05. The lowest BCUT2D eigenvalue weighted by atomic mass is 9.83. The van der Waals surface area contributed by atoms with Crippen molar-refractivity contribution in [3.8, 4) is 0 Å². The highest BCUT2D eigenvalue weighted by atomic mass is 79.9. The molecule has 1 aromatic carbocycles. The van der Waals surface area contributed by atoms with E-state index in [0.717, 1.165) is 31.2 Å². The van der Waals surface area contributed by atoms with E-state index in [0.29, 0.717) is 10.4 Å². The number of halogens is 2. The van der Waals surface area contributed by atoms with Crippen molar-refractivity contribution in [2.24, 2.45) is 5.92 Å². The van der Waals surface area contributed by atoms with Crippen LogP contribution in [0.1, 0.15) is 31.2 Å². The first-order valence-electron chi connectivity index (χ1n) is 5.77. The largest absolute Gasteiger partial charge is 0.393 e. The minimum Gasteiger partial charge on any atom is -0.393 e. The summed E-state index contributed by atoms with van der Waals surface area (Å²) in [6.07, 6.45) is 4.90. The molecule has 3 heteroatoms. The lowest BCUT2D eigenvalue weighted by Gasteiger charge is -2.25. The second-order valence-electron chi connectivity index (χ2n) is 4.64. The zero-order valence-corrected chi connectivity index (χ0v) is 10.7. The summed E-state index contributed by atoms with van der Waals surface area (Å²) in [6.45, 7) is 0. The van der Waals surface area contributed by atoms with E-state index in [-0.39, 0.29) is 11.9 Å². The van der Waals surface area contributed by atoms with Gasteiger partial charge >= 0.3 is 0 Å². The standard InChI is InChI=1S/C13H16BrFO/c14-12-8-10(4-5-13(12)15)6-9-2-1-3-11(16)7-9/h4-5,8-9,11,16H,1-3,6-7H2. The summed E-state index contributed by atoms with van der Waals surface area (Å²) in [6, 6.07) is 5.18. The number of rotatable bonds is 2. The third-order valence-electron chi connectivity index (χ3n) is 3.26. The van der Waals surface area contributed by atoms with E-state index in [1.54, 1.807) is 0 Å². The number of aliphatic hydroxyl groups excluding tert-OH is 1. The van der Waals surface area contributed by atoms with E-state index in [1.807, 2.05) is 12.1 Å². The fourth-order valence-corrected chi connectivity index (χ4v) is 2.87. The zero-order valence-electron chi connectivity index (χ0n) is 9.13. The molecule has 0 radical (unpaired) electrons. The van der Waals surface area contributed by atoms with Gasteiger partial charge in [0.25, 0.3) is 0 Å². The summed E-state index contributed by atoms with van der Waals surface area (Å²) in [5, 5.41) is 9.59. The van der Waals surface area contributed by atoms with Crippen LogP contribution >= 0.6 is 15.9 Å². The molecule has 1 aromatic rings. The molecule has 0 amide bonds. The van der Waals surface area contributed by atoms with Crippen molar-refractivity contribution in [3.05, 3.63) is 34.1 Å². The molecule has 2 atom stereocenters. The Labute approximate surface area is 104 Å². The van der Waals surface area contributed by atoms with Crippen LogP contribution in [0.3, 0.4) is 0 Å². The van der Waals surface area contributed by atoms with Gasteiger partial charge in [-0.2, -0.15) is 0 Å². The molecular formula is C13H16BrFO. The van der Waals surface area contributed by atoms with Gasteiger partial charge in [-0.15, -0.1) is 0 Å². The fraction of sp³-hybridized carbons (Fsp3) is 0.538. The third-order valence-corrected chi connectivity index (χ3v) is 3.87. The van der Waals surface area contributed by atoms with Gasteiger partial charge in [-0.3, -0.25) is 0 Å². The minimum atomic E-state index is -0.215. The first-order chi connectivity index (χ1) is 7.65. The van der Waals surface area contributed by atoms with Crippen molar-refractivity contribution < 1.29 is 9.50 Å². The summed E-state index contributed by atoms with van der Waals surface area (Å²) >= 11 is 3.20. The second kappa shape index (κ2) is 5.28. The molecule has 1 nitrogen and oxygen atoms in total. The van der Waals surface area contributed by atoms with Crippen LogP contribution < -0.4 is 0 Å². The van der Waals surface area contributed by atoms with Crippen LogP contribution in [0.15, 0.2) is 22.7 Å². The van der Waals surface area contributed by atoms with Crippen molar-refractivity contribution in [3.63, 3.8) is 0 Å². The van der Waals surface area contributed by atoms with Crippen molar-refractivity contribution in [2.45, 2.75) is 38.2 Å². The van der Waals surface area contributed by atoms with Gasteiger partial charge in [-0.1, -0.05) is 12.5 Å². The Kier molecular flexibility index (Phi) is 3.98. The normalized spacial score (nSPS) is 25.7. The average Bonchev–Trinajstić information content (AvgIpc) is 2.24. The number of benzene rings is 1. The Morgan fingerprint density at radius 3 is 2.88 bits per heavy atom. The monoisotopic (exact) mass is 286 g/mol. The highest BCUT2D eigenvalue weighted by Gasteiger charge is 2.20. The smallest absolute Gasteiger partial charge is 0.137 e. The number of hydrogen-bond donors (Lipinski definition) is 1. The summed E-state index contributed by atoms with van der Waals surface area (Å²) in [4.78, 5) is 0. The van der Waals surface area contributed by atoms with Crippen molar-refractivity contribution in [1.82, 2.24) is 0 Å². The molecule has 88 valence electrons. The zero-order chi connectivity index (χ0) is 11.5. The Morgan fingerprint density at radius 1 is 1.38 bits per heavy atom. The lowest BCUT2D eigenvalue weighted by molar-refractivity contribution is 0.101. The number of aliphatic hydroxyl groups is 1. The van der Waals surface area contributed by atoms with E-state index in [1.165, 1.54) is 12.5 Å². The molecule has 2 rings (SSSR count). The molecule has 1 aliphatic rings. The molecule has 1 fully saturated rings.